The van der Waals surface area contributed by atoms with Gasteiger partial charge in [-0.15, -0.1) is 0 Å². The van der Waals surface area contributed by atoms with E-state index in [1.807, 2.05) is 37.3 Å². The zero-order valence-corrected chi connectivity index (χ0v) is 16.8. The Morgan fingerprint density at radius 2 is 2.07 bits per heavy atom. The van der Waals surface area contributed by atoms with Crippen molar-refractivity contribution in [3.63, 3.8) is 0 Å². The van der Waals surface area contributed by atoms with Crippen molar-refractivity contribution >= 4 is 11.8 Å². The number of aromatic nitrogens is 4. The Kier molecular flexibility index (Phi) is 5.83. The third-order valence-electron chi connectivity index (χ3n) is 5.34. The summed E-state index contributed by atoms with van der Waals surface area (Å²) in [5.74, 6) is 0.466. The van der Waals surface area contributed by atoms with Crippen molar-refractivity contribution in [3.05, 3.63) is 77.1 Å². The first-order valence-corrected chi connectivity index (χ1v) is 10.1. The van der Waals surface area contributed by atoms with Gasteiger partial charge in [-0.05, 0) is 31.4 Å². The molecule has 1 aliphatic heterocycles. The van der Waals surface area contributed by atoms with E-state index in [9.17, 15) is 9.59 Å². The molecule has 2 N–H and O–H groups in total. The number of amides is 2. The highest BCUT2D eigenvalue weighted by Crippen LogP contribution is 2.25. The molecule has 3 heterocycles. The summed E-state index contributed by atoms with van der Waals surface area (Å²) in [6, 6.07) is 11.4. The smallest absolute Gasteiger partial charge is 0.271 e. The number of aryl methyl sites for hydroxylation is 1. The first-order valence-electron chi connectivity index (χ1n) is 10.1. The number of nitrogens with one attached hydrogen (secondary N) is 2. The summed E-state index contributed by atoms with van der Waals surface area (Å²) in [7, 11) is 0. The summed E-state index contributed by atoms with van der Waals surface area (Å²) in [4.78, 5) is 36.0. The van der Waals surface area contributed by atoms with Crippen LogP contribution in [0.2, 0.25) is 0 Å². The number of hydrogen-bond donors (Lipinski definition) is 2. The summed E-state index contributed by atoms with van der Waals surface area (Å²) >= 11 is 0. The average molecular weight is 404 g/mol. The molecule has 0 aliphatic carbocycles. The minimum absolute atomic E-state index is 0.0470. The number of benzene rings is 1. The van der Waals surface area contributed by atoms with Gasteiger partial charge in [0.25, 0.3) is 11.8 Å². The topological polar surface area (TPSA) is 104 Å². The lowest BCUT2D eigenvalue weighted by molar-refractivity contribution is 0.0698. The molecule has 2 aromatic heterocycles. The second-order valence-corrected chi connectivity index (χ2v) is 7.46. The summed E-state index contributed by atoms with van der Waals surface area (Å²) < 4.78 is 0. The molecule has 3 aromatic rings. The molecular formula is C22H24N6O2. The fourth-order valence-corrected chi connectivity index (χ4v) is 3.70. The Morgan fingerprint density at radius 3 is 2.80 bits per heavy atom. The van der Waals surface area contributed by atoms with Gasteiger partial charge in [-0.3, -0.25) is 14.7 Å². The van der Waals surface area contributed by atoms with E-state index in [1.54, 1.807) is 23.4 Å². The summed E-state index contributed by atoms with van der Waals surface area (Å²) in [5, 5.41) is 9.49. The largest absolute Gasteiger partial charge is 0.348 e. The molecule has 1 fully saturated rings. The zero-order chi connectivity index (χ0) is 20.9. The van der Waals surface area contributed by atoms with Crippen LogP contribution in [0, 0.1) is 6.92 Å². The van der Waals surface area contributed by atoms with E-state index in [1.165, 1.54) is 0 Å². The lowest BCUT2D eigenvalue weighted by Gasteiger charge is -2.31. The second-order valence-electron chi connectivity index (χ2n) is 7.46. The highest BCUT2D eigenvalue weighted by molar-refractivity contribution is 5.94. The van der Waals surface area contributed by atoms with Gasteiger partial charge >= 0.3 is 0 Å². The molecule has 1 aromatic carbocycles. The van der Waals surface area contributed by atoms with Crippen molar-refractivity contribution in [2.24, 2.45) is 0 Å². The zero-order valence-electron chi connectivity index (χ0n) is 16.8. The molecule has 30 heavy (non-hydrogen) atoms. The molecule has 0 spiro atoms. The lowest BCUT2D eigenvalue weighted by Crippen LogP contribution is -2.39. The van der Waals surface area contributed by atoms with Crippen LogP contribution in [0.15, 0.2) is 48.8 Å². The van der Waals surface area contributed by atoms with Crippen LogP contribution in [0.4, 0.5) is 0 Å². The first kappa shape index (κ1) is 19.8. The van der Waals surface area contributed by atoms with Crippen molar-refractivity contribution in [3.8, 4) is 0 Å². The van der Waals surface area contributed by atoms with Gasteiger partial charge in [-0.2, -0.15) is 5.10 Å². The SMILES string of the molecule is Cc1nc(C2CCCN(C(=O)c3ccn[nH]3)C2)ncc1C(=O)NCc1ccccc1. The number of likely N-dealkylation sites (tertiary alicyclic amines) is 1. The van der Waals surface area contributed by atoms with E-state index >= 15 is 0 Å². The van der Waals surface area contributed by atoms with Crippen LogP contribution in [0.1, 0.15) is 56.7 Å². The van der Waals surface area contributed by atoms with Gasteiger partial charge in [0.2, 0.25) is 0 Å². The molecule has 8 heteroatoms. The van der Waals surface area contributed by atoms with E-state index in [2.05, 4.69) is 25.5 Å². The van der Waals surface area contributed by atoms with E-state index in [4.69, 9.17) is 0 Å². The maximum absolute atomic E-state index is 12.6. The van der Waals surface area contributed by atoms with Crippen molar-refractivity contribution in [1.82, 2.24) is 30.4 Å². The summed E-state index contributed by atoms with van der Waals surface area (Å²) in [5.41, 5.74) is 2.63. The predicted molar refractivity (Wildman–Crippen MR) is 111 cm³/mol. The van der Waals surface area contributed by atoms with Crippen LogP contribution in [-0.4, -0.2) is 50.0 Å². The number of carbonyl (C=O) groups excluding carboxylic acids is 2. The van der Waals surface area contributed by atoms with Gasteiger partial charge in [0.05, 0.1) is 11.3 Å². The number of rotatable bonds is 5. The highest BCUT2D eigenvalue weighted by atomic mass is 16.2. The molecule has 8 nitrogen and oxygen atoms in total. The molecule has 4 rings (SSSR count). The number of H-pyrrole nitrogens is 1. The standard InChI is InChI=1S/C22H24N6O2/c1-15-18(21(29)24-12-16-6-3-2-4-7-16)13-23-20(26-15)17-8-5-11-28(14-17)22(30)19-9-10-25-27-19/h2-4,6-7,9-10,13,17H,5,8,11-12,14H2,1H3,(H,24,29)(H,25,27). The Bertz CT molecular complexity index is 1020. The fourth-order valence-electron chi connectivity index (χ4n) is 3.70. The first-order chi connectivity index (χ1) is 14.6. The molecule has 1 atom stereocenters. The van der Waals surface area contributed by atoms with Crippen LogP contribution in [0.3, 0.4) is 0 Å². The number of carbonyl (C=O) groups is 2. The fraction of sp³-hybridized carbons (Fsp3) is 0.318. The van der Waals surface area contributed by atoms with Gasteiger partial charge in [0.15, 0.2) is 0 Å². The van der Waals surface area contributed by atoms with E-state index in [0.717, 1.165) is 18.4 Å². The number of hydrogen-bond acceptors (Lipinski definition) is 5. The van der Waals surface area contributed by atoms with Gasteiger partial charge < -0.3 is 10.2 Å². The molecule has 0 radical (unpaired) electrons. The van der Waals surface area contributed by atoms with E-state index in [0.29, 0.717) is 42.4 Å². The molecular weight excluding hydrogens is 380 g/mol. The molecule has 1 saturated heterocycles. The lowest BCUT2D eigenvalue weighted by atomic mass is 9.96. The molecule has 0 saturated carbocycles. The highest BCUT2D eigenvalue weighted by Gasteiger charge is 2.28. The second kappa shape index (κ2) is 8.86. The van der Waals surface area contributed by atoms with Crippen molar-refractivity contribution in [1.29, 1.82) is 0 Å². The van der Waals surface area contributed by atoms with Crippen molar-refractivity contribution in [2.75, 3.05) is 13.1 Å². The third kappa shape index (κ3) is 4.37. The Morgan fingerprint density at radius 1 is 1.23 bits per heavy atom. The number of nitrogens with zero attached hydrogens (tertiary/aromatic N) is 4. The van der Waals surface area contributed by atoms with Gasteiger partial charge in [0.1, 0.15) is 11.5 Å². The Labute approximate surface area is 174 Å². The van der Waals surface area contributed by atoms with Gasteiger partial charge in [0, 0.05) is 37.9 Å². The average Bonchev–Trinajstić information content (AvgIpc) is 3.32. The van der Waals surface area contributed by atoms with Crippen LogP contribution in [0.5, 0.6) is 0 Å². The van der Waals surface area contributed by atoms with Crippen LogP contribution in [-0.2, 0) is 6.54 Å². The van der Waals surface area contributed by atoms with Gasteiger partial charge in [-0.25, -0.2) is 9.97 Å². The summed E-state index contributed by atoms with van der Waals surface area (Å²) in [6.07, 6.45) is 4.95. The van der Waals surface area contributed by atoms with Gasteiger partial charge in [-0.1, -0.05) is 30.3 Å². The predicted octanol–water partition coefficient (Wildman–Crippen LogP) is 2.46. The minimum atomic E-state index is -0.192. The van der Waals surface area contributed by atoms with Crippen molar-refractivity contribution in [2.45, 2.75) is 32.2 Å². The van der Waals surface area contributed by atoms with Crippen LogP contribution in [0.25, 0.3) is 0 Å². The van der Waals surface area contributed by atoms with Crippen molar-refractivity contribution < 1.29 is 9.59 Å². The quantitative estimate of drug-likeness (QED) is 0.680. The van der Waals surface area contributed by atoms with Crippen LogP contribution >= 0.6 is 0 Å². The molecule has 1 unspecified atom stereocenters. The summed E-state index contributed by atoms with van der Waals surface area (Å²) in [6.45, 7) is 3.53. The molecule has 0 bridgehead atoms. The molecule has 1 aliphatic rings. The monoisotopic (exact) mass is 404 g/mol. The Balaban J connectivity index is 1.42. The Hall–Kier alpha value is -3.55. The van der Waals surface area contributed by atoms with E-state index < -0.39 is 0 Å². The third-order valence-corrected chi connectivity index (χ3v) is 5.34. The van der Waals surface area contributed by atoms with E-state index in [-0.39, 0.29) is 17.7 Å². The number of aromatic amines is 1. The number of piperidine rings is 1. The molecule has 2 amide bonds. The van der Waals surface area contributed by atoms with Crippen LogP contribution < -0.4 is 5.32 Å². The normalized spacial score (nSPS) is 16.3. The maximum atomic E-state index is 12.6. The maximum Gasteiger partial charge on any atom is 0.271 e. The molecule has 154 valence electrons. The minimum Gasteiger partial charge on any atom is -0.348 e.